The molecule has 0 unspecified atom stereocenters. The van der Waals surface area contributed by atoms with E-state index in [1.807, 2.05) is 30.3 Å². The van der Waals surface area contributed by atoms with Crippen molar-refractivity contribution in [3.8, 4) is 0 Å². The van der Waals surface area contributed by atoms with Gasteiger partial charge in [0.05, 0.1) is 11.4 Å². The second-order valence-corrected chi connectivity index (χ2v) is 7.84. The van der Waals surface area contributed by atoms with Gasteiger partial charge in [-0.15, -0.1) is 0 Å². The molecule has 0 spiro atoms. The van der Waals surface area contributed by atoms with Crippen molar-refractivity contribution in [2.75, 3.05) is 21.9 Å². The number of aryl methyl sites for hydroxylation is 1. The summed E-state index contributed by atoms with van der Waals surface area (Å²) in [7, 11) is -3.17. The van der Waals surface area contributed by atoms with Crippen molar-refractivity contribution < 1.29 is 13.2 Å². The van der Waals surface area contributed by atoms with Crippen molar-refractivity contribution in [3.63, 3.8) is 0 Å². The summed E-state index contributed by atoms with van der Waals surface area (Å²) >= 11 is 0. The normalized spacial score (nSPS) is 16.1. The SMILES string of the molecule is O=C(CCc1ccccc1)Nc1ccc(N2CCCS2(=O)=O)cc1. The van der Waals surface area contributed by atoms with Crippen molar-refractivity contribution in [2.45, 2.75) is 19.3 Å². The molecule has 1 saturated heterocycles. The lowest BCUT2D eigenvalue weighted by molar-refractivity contribution is -0.116. The van der Waals surface area contributed by atoms with Gasteiger partial charge in [0.25, 0.3) is 0 Å². The Labute approximate surface area is 142 Å². The molecule has 0 atom stereocenters. The molecule has 1 fully saturated rings. The van der Waals surface area contributed by atoms with Crippen LogP contribution < -0.4 is 9.62 Å². The summed E-state index contributed by atoms with van der Waals surface area (Å²) < 4.78 is 25.2. The minimum Gasteiger partial charge on any atom is -0.326 e. The molecule has 5 nitrogen and oxygen atoms in total. The highest BCUT2D eigenvalue weighted by atomic mass is 32.2. The summed E-state index contributed by atoms with van der Waals surface area (Å²) in [5.41, 5.74) is 2.45. The van der Waals surface area contributed by atoms with E-state index in [1.54, 1.807) is 24.3 Å². The largest absolute Gasteiger partial charge is 0.326 e. The summed E-state index contributed by atoms with van der Waals surface area (Å²) in [5, 5.41) is 2.84. The summed E-state index contributed by atoms with van der Waals surface area (Å²) in [6, 6.07) is 16.8. The number of hydrogen-bond acceptors (Lipinski definition) is 3. The first-order valence-corrected chi connectivity index (χ1v) is 9.60. The van der Waals surface area contributed by atoms with Gasteiger partial charge in [0, 0.05) is 18.7 Å². The molecule has 1 aliphatic rings. The lowest BCUT2D eigenvalue weighted by Gasteiger charge is -2.17. The van der Waals surface area contributed by atoms with Crippen LogP contribution in [0.2, 0.25) is 0 Å². The van der Waals surface area contributed by atoms with Gasteiger partial charge in [-0.2, -0.15) is 0 Å². The lowest BCUT2D eigenvalue weighted by atomic mass is 10.1. The zero-order chi connectivity index (χ0) is 17.0. The van der Waals surface area contributed by atoms with Gasteiger partial charge in [0.1, 0.15) is 0 Å². The monoisotopic (exact) mass is 344 g/mol. The van der Waals surface area contributed by atoms with Crippen molar-refractivity contribution in [3.05, 3.63) is 60.2 Å². The first kappa shape index (κ1) is 16.5. The molecule has 24 heavy (non-hydrogen) atoms. The van der Waals surface area contributed by atoms with Crippen LogP contribution >= 0.6 is 0 Å². The Morgan fingerprint density at radius 2 is 1.75 bits per heavy atom. The van der Waals surface area contributed by atoms with Gasteiger partial charge in [-0.3, -0.25) is 9.10 Å². The quantitative estimate of drug-likeness (QED) is 0.907. The smallest absolute Gasteiger partial charge is 0.235 e. The van der Waals surface area contributed by atoms with Crippen LogP contribution in [-0.2, 0) is 21.2 Å². The van der Waals surface area contributed by atoms with Gasteiger partial charge in [0.15, 0.2) is 0 Å². The van der Waals surface area contributed by atoms with Gasteiger partial charge < -0.3 is 5.32 Å². The second-order valence-electron chi connectivity index (χ2n) is 5.82. The molecule has 2 aromatic rings. The second kappa shape index (κ2) is 7.05. The van der Waals surface area contributed by atoms with Crippen LogP contribution in [0.5, 0.6) is 0 Å². The van der Waals surface area contributed by atoms with E-state index in [0.29, 0.717) is 37.2 Å². The zero-order valence-electron chi connectivity index (χ0n) is 13.3. The Kier molecular flexibility index (Phi) is 4.85. The van der Waals surface area contributed by atoms with E-state index in [4.69, 9.17) is 0 Å². The zero-order valence-corrected chi connectivity index (χ0v) is 14.1. The van der Waals surface area contributed by atoms with Crippen LogP contribution in [0.3, 0.4) is 0 Å². The molecule has 6 heteroatoms. The van der Waals surface area contributed by atoms with E-state index in [1.165, 1.54) is 4.31 Å². The van der Waals surface area contributed by atoms with E-state index in [-0.39, 0.29) is 11.7 Å². The molecule has 2 aromatic carbocycles. The molecule has 1 amide bonds. The van der Waals surface area contributed by atoms with Crippen LogP contribution in [0.1, 0.15) is 18.4 Å². The molecule has 126 valence electrons. The predicted molar refractivity (Wildman–Crippen MR) is 95.6 cm³/mol. The Morgan fingerprint density at radius 3 is 2.38 bits per heavy atom. The number of rotatable bonds is 5. The fourth-order valence-electron chi connectivity index (χ4n) is 2.77. The van der Waals surface area contributed by atoms with Crippen LogP contribution in [0.25, 0.3) is 0 Å². The number of carbonyl (C=O) groups excluding carboxylic acids is 1. The maximum absolute atomic E-state index is 12.0. The fourth-order valence-corrected chi connectivity index (χ4v) is 4.33. The molecule has 0 aliphatic carbocycles. The minimum atomic E-state index is -3.17. The number of anilines is 2. The summed E-state index contributed by atoms with van der Waals surface area (Å²) in [4.78, 5) is 12.0. The first-order valence-electron chi connectivity index (χ1n) is 7.99. The minimum absolute atomic E-state index is 0.0552. The molecular formula is C18H20N2O3S. The Morgan fingerprint density at radius 1 is 1.04 bits per heavy atom. The number of nitrogens with one attached hydrogen (secondary N) is 1. The Hall–Kier alpha value is -2.34. The summed E-state index contributed by atoms with van der Waals surface area (Å²) in [5.74, 6) is 0.144. The van der Waals surface area contributed by atoms with Gasteiger partial charge >= 0.3 is 0 Å². The van der Waals surface area contributed by atoms with Crippen LogP contribution in [-0.4, -0.2) is 26.6 Å². The maximum atomic E-state index is 12.0. The maximum Gasteiger partial charge on any atom is 0.235 e. The van der Waals surface area contributed by atoms with Gasteiger partial charge in [-0.05, 0) is 42.7 Å². The van der Waals surface area contributed by atoms with Crippen molar-refractivity contribution in [2.24, 2.45) is 0 Å². The molecule has 1 heterocycles. The van der Waals surface area contributed by atoms with Crippen molar-refractivity contribution in [1.82, 2.24) is 0 Å². The molecular weight excluding hydrogens is 324 g/mol. The van der Waals surface area contributed by atoms with Gasteiger partial charge in [0.2, 0.25) is 15.9 Å². The van der Waals surface area contributed by atoms with E-state index in [9.17, 15) is 13.2 Å². The topological polar surface area (TPSA) is 66.5 Å². The molecule has 0 aromatic heterocycles. The molecule has 3 rings (SSSR count). The number of benzene rings is 2. The standard InChI is InChI=1S/C18H20N2O3S/c21-18(12-7-15-5-2-1-3-6-15)19-16-8-10-17(11-9-16)20-13-4-14-24(20,22)23/h1-3,5-6,8-11H,4,7,12-14H2,(H,19,21). The molecule has 0 saturated carbocycles. The highest BCUT2D eigenvalue weighted by Crippen LogP contribution is 2.25. The highest BCUT2D eigenvalue weighted by Gasteiger charge is 2.28. The number of amides is 1. The third kappa shape index (κ3) is 3.94. The molecule has 1 N–H and O–H groups in total. The average molecular weight is 344 g/mol. The van der Waals surface area contributed by atoms with Gasteiger partial charge in [-0.25, -0.2) is 8.42 Å². The predicted octanol–water partition coefficient (Wildman–Crippen LogP) is 2.80. The first-order chi connectivity index (χ1) is 11.5. The van der Waals surface area contributed by atoms with Crippen LogP contribution in [0, 0.1) is 0 Å². The van der Waals surface area contributed by atoms with E-state index in [2.05, 4.69) is 5.32 Å². The summed E-state index contributed by atoms with van der Waals surface area (Å²) in [6.45, 7) is 0.519. The van der Waals surface area contributed by atoms with Crippen molar-refractivity contribution in [1.29, 1.82) is 0 Å². The average Bonchev–Trinajstić information content (AvgIpc) is 2.94. The number of sulfonamides is 1. The van der Waals surface area contributed by atoms with Crippen LogP contribution in [0.4, 0.5) is 11.4 Å². The summed E-state index contributed by atoms with van der Waals surface area (Å²) in [6.07, 6.45) is 1.75. The Balaban J connectivity index is 1.57. The highest BCUT2D eigenvalue weighted by molar-refractivity contribution is 7.93. The van der Waals surface area contributed by atoms with E-state index < -0.39 is 10.0 Å². The Bertz CT molecular complexity index is 802. The number of hydrogen-bond donors (Lipinski definition) is 1. The third-order valence-corrected chi connectivity index (χ3v) is 5.89. The van der Waals surface area contributed by atoms with Crippen LogP contribution in [0.15, 0.2) is 54.6 Å². The van der Waals surface area contributed by atoms with E-state index >= 15 is 0 Å². The molecule has 0 bridgehead atoms. The number of nitrogens with zero attached hydrogens (tertiary/aromatic N) is 1. The lowest BCUT2D eigenvalue weighted by Crippen LogP contribution is -2.25. The van der Waals surface area contributed by atoms with Crippen molar-refractivity contribution >= 4 is 27.3 Å². The third-order valence-electron chi connectivity index (χ3n) is 4.02. The van der Waals surface area contributed by atoms with Gasteiger partial charge in [-0.1, -0.05) is 30.3 Å². The van der Waals surface area contributed by atoms with E-state index in [0.717, 1.165) is 5.56 Å². The molecule has 1 aliphatic heterocycles. The number of carbonyl (C=O) groups is 1. The molecule has 0 radical (unpaired) electrons. The fraction of sp³-hybridized carbons (Fsp3) is 0.278.